The minimum Gasteiger partial charge on any atom is -0.402 e. The first-order valence-corrected chi connectivity index (χ1v) is 5.79. The van der Waals surface area contributed by atoms with E-state index in [1.165, 1.54) is 31.2 Å². The first kappa shape index (κ1) is 11.1. The highest BCUT2D eigenvalue weighted by molar-refractivity contribution is 7.94. The van der Waals surface area contributed by atoms with E-state index in [4.69, 9.17) is 17.3 Å². The second-order valence-electron chi connectivity index (χ2n) is 2.86. The highest BCUT2D eigenvalue weighted by Gasteiger charge is 2.10. The lowest BCUT2D eigenvalue weighted by Gasteiger charge is -1.99. The van der Waals surface area contributed by atoms with Crippen molar-refractivity contribution >= 4 is 21.4 Å². The van der Waals surface area contributed by atoms with Crippen molar-refractivity contribution in [3.63, 3.8) is 0 Å². The smallest absolute Gasteiger partial charge is 0.201 e. The quantitative estimate of drug-likeness (QED) is 0.846. The summed E-state index contributed by atoms with van der Waals surface area (Å²) in [4.78, 5) is 0.187. The van der Waals surface area contributed by atoms with Gasteiger partial charge in [0.25, 0.3) is 0 Å². The van der Waals surface area contributed by atoms with Gasteiger partial charge in [-0.3, -0.25) is 0 Å². The molecule has 0 atom stereocenters. The average molecular weight is 232 g/mol. The van der Waals surface area contributed by atoms with E-state index in [0.717, 1.165) is 5.41 Å². The molecule has 0 fully saturated rings. The monoisotopic (exact) mass is 231 g/mol. The maximum atomic E-state index is 11.6. The van der Waals surface area contributed by atoms with Gasteiger partial charge in [0.05, 0.1) is 10.3 Å². The Morgan fingerprint density at radius 3 is 2.29 bits per heavy atom. The average Bonchev–Trinajstić information content (AvgIpc) is 2.02. The van der Waals surface area contributed by atoms with Gasteiger partial charge in [-0.2, -0.15) is 0 Å². The third kappa shape index (κ3) is 2.75. The molecule has 5 heteroatoms. The minimum atomic E-state index is -3.42. The zero-order valence-corrected chi connectivity index (χ0v) is 9.14. The van der Waals surface area contributed by atoms with Gasteiger partial charge in [-0.1, -0.05) is 11.6 Å². The molecule has 3 nitrogen and oxygen atoms in total. The van der Waals surface area contributed by atoms with Gasteiger partial charge in [0.2, 0.25) is 9.84 Å². The molecule has 0 aromatic heterocycles. The molecule has 14 heavy (non-hydrogen) atoms. The van der Waals surface area contributed by atoms with Crippen LogP contribution < -0.4 is 5.73 Å². The third-order valence-electron chi connectivity index (χ3n) is 1.48. The lowest BCUT2D eigenvalue weighted by Crippen LogP contribution is -2.00. The summed E-state index contributed by atoms with van der Waals surface area (Å²) in [6.45, 7) is 1.52. The second-order valence-corrected chi connectivity index (χ2v) is 5.09. The molecule has 1 aromatic carbocycles. The summed E-state index contributed by atoms with van der Waals surface area (Å²) < 4.78 is 23.1. The molecule has 1 aromatic rings. The largest absolute Gasteiger partial charge is 0.402 e. The highest BCUT2D eigenvalue weighted by atomic mass is 35.5. The second kappa shape index (κ2) is 4.02. The molecular formula is C9H10ClNO2S. The van der Waals surface area contributed by atoms with Gasteiger partial charge in [-0.05, 0) is 31.2 Å². The van der Waals surface area contributed by atoms with Crippen molar-refractivity contribution < 1.29 is 8.42 Å². The van der Waals surface area contributed by atoms with Crippen molar-refractivity contribution in [1.29, 1.82) is 0 Å². The normalized spacial score (nSPS) is 12.9. The molecular weight excluding hydrogens is 222 g/mol. The van der Waals surface area contributed by atoms with Crippen LogP contribution in [0.3, 0.4) is 0 Å². The molecule has 0 amide bonds. The summed E-state index contributed by atoms with van der Waals surface area (Å²) in [6.07, 6.45) is 0. The predicted molar refractivity (Wildman–Crippen MR) is 56.6 cm³/mol. The van der Waals surface area contributed by atoms with Crippen molar-refractivity contribution in [2.45, 2.75) is 11.8 Å². The molecule has 0 radical (unpaired) electrons. The van der Waals surface area contributed by atoms with Gasteiger partial charge in [-0.15, -0.1) is 0 Å². The van der Waals surface area contributed by atoms with Gasteiger partial charge >= 0.3 is 0 Å². The fourth-order valence-electron chi connectivity index (χ4n) is 0.937. The number of benzene rings is 1. The van der Waals surface area contributed by atoms with Crippen LogP contribution in [-0.4, -0.2) is 8.42 Å². The molecule has 76 valence electrons. The molecule has 0 aliphatic heterocycles. The van der Waals surface area contributed by atoms with E-state index in [0.29, 0.717) is 5.02 Å². The van der Waals surface area contributed by atoms with Crippen LogP contribution in [0.25, 0.3) is 0 Å². The van der Waals surface area contributed by atoms with E-state index in [1.807, 2.05) is 0 Å². The number of sulfone groups is 1. The van der Waals surface area contributed by atoms with Crippen LogP contribution in [0.2, 0.25) is 5.02 Å². The van der Waals surface area contributed by atoms with Crippen LogP contribution in [0.4, 0.5) is 0 Å². The molecule has 0 bridgehead atoms. The van der Waals surface area contributed by atoms with Crippen molar-refractivity contribution in [2.75, 3.05) is 0 Å². The van der Waals surface area contributed by atoms with Gasteiger partial charge < -0.3 is 5.73 Å². The summed E-state index contributed by atoms with van der Waals surface area (Å²) in [7, 11) is -3.42. The Bertz CT molecular complexity index is 444. The van der Waals surface area contributed by atoms with E-state index in [9.17, 15) is 8.42 Å². The topological polar surface area (TPSA) is 60.2 Å². The Balaban J connectivity index is 3.18. The summed E-state index contributed by atoms with van der Waals surface area (Å²) in [5, 5.41) is 1.52. The molecule has 0 unspecified atom stereocenters. The van der Waals surface area contributed by atoms with Crippen LogP contribution in [0, 0.1) is 0 Å². The summed E-state index contributed by atoms with van der Waals surface area (Å²) >= 11 is 5.63. The standard InChI is InChI=1S/C9H10ClNO2S/c1-7(11)6-14(12,13)9-4-2-8(10)3-5-9/h2-6H,11H2,1H3/b7-6-. The minimum absolute atomic E-state index is 0.187. The lowest BCUT2D eigenvalue weighted by atomic mass is 10.4. The number of halogens is 1. The molecule has 0 saturated heterocycles. The van der Waals surface area contributed by atoms with Gasteiger partial charge in [0, 0.05) is 10.7 Å². The number of nitrogens with two attached hydrogens (primary N) is 1. The van der Waals surface area contributed by atoms with E-state index < -0.39 is 9.84 Å². The molecule has 2 N–H and O–H groups in total. The summed E-state index contributed by atoms with van der Waals surface area (Å²) in [6, 6.07) is 5.93. The Labute approximate surface area is 88.1 Å². The highest BCUT2D eigenvalue weighted by Crippen LogP contribution is 2.16. The molecule has 0 heterocycles. The van der Waals surface area contributed by atoms with Crippen LogP contribution in [0.5, 0.6) is 0 Å². The third-order valence-corrected chi connectivity index (χ3v) is 3.35. The fourth-order valence-corrected chi connectivity index (χ4v) is 2.20. The van der Waals surface area contributed by atoms with Gasteiger partial charge in [0.1, 0.15) is 0 Å². The Kier molecular flexibility index (Phi) is 3.18. The SMILES string of the molecule is C/C(N)=C/S(=O)(=O)c1ccc(Cl)cc1. The van der Waals surface area contributed by atoms with E-state index >= 15 is 0 Å². The van der Waals surface area contributed by atoms with Gasteiger partial charge in [0.15, 0.2) is 0 Å². The Hall–Kier alpha value is -1.00. The van der Waals surface area contributed by atoms with Crippen LogP contribution in [0.15, 0.2) is 40.3 Å². The molecule has 0 saturated carbocycles. The first-order chi connectivity index (χ1) is 6.42. The zero-order valence-electron chi connectivity index (χ0n) is 7.57. The van der Waals surface area contributed by atoms with Crippen molar-refractivity contribution in [2.24, 2.45) is 5.73 Å². The van der Waals surface area contributed by atoms with E-state index in [1.54, 1.807) is 0 Å². The molecule has 0 spiro atoms. The van der Waals surface area contributed by atoms with Gasteiger partial charge in [-0.25, -0.2) is 8.42 Å². The molecule has 0 aliphatic rings. The summed E-state index contributed by atoms with van der Waals surface area (Å²) in [5.41, 5.74) is 5.55. The Morgan fingerprint density at radius 2 is 1.86 bits per heavy atom. The Morgan fingerprint density at radius 1 is 1.36 bits per heavy atom. The maximum absolute atomic E-state index is 11.6. The van der Waals surface area contributed by atoms with Crippen molar-refractivity contribution in [1.82, 2.24) is 0 Å². The van der Waals surface area contributed by atoms with Crippen molar-refractivity contribution in [3.8, 4) is 0 Å². The van der Waals surface area contributed by atoms with Crippen LogP contribution >= 0.6 is 11.6 Å². The maximum Gasteiger partial charge on any atom is 0.201 e. The number of rotatable bonds is 2. The summed E-state index contributed by atoms with van der Waals surface area (Å²) in [5.74, 6) is 0. The number of hydrogen-bond acceptors (Lipinski definition) is 3. The number of hydrogen-bond donors (Lipinski definition) is 1. The van der Waals surface area contributed by atoms with Crippen LogP contribution in [0.1, 0.15) is 6.92 Å². The fraction of sp³-hybridized carbons (Fsp3) is 0.111. The zero-order chi connectivity index (χ0) is 10.8. The van der Waals surface area contributed by atoms with E-state index in [2.05, 4.69) is 0 Å². The van der Waals surface area contributed by atoms with Crippen molar-refractivity contribution in [3.05, 3.63) is 40.4 Å². The molecule has 1 rings (SSSR count). The first-order valence-electron chi connectivity index (χ1n) is 3.86. The predicted octanol–water partition coefficient (Wildman–Crippen LogP) is 1.93. The lowest BCUT2D eigenvalue weighted by molar-refractivity contribution is 0.604. The van der Waals surface area contributed by atoms with Crippen LogP contribution in [-0.2, 0) is 9.84 Å². The molecule has 0 aliphatic carbocycles. The number of allylic oxidation sites excluding steroid dienone is 1. The van der Waals surface area contributed by atoms with E-state index in [-0.39, 0.29) is 10.6 Å².